The van der Waals surface area contributed by atoms with Crippen LogP contribution in [0.15, 0.2) is 75.9 Å². The Morgan fingerprint density at radius 1 is 1.09 bits per heavy atom. The number of para-hydroxylation sites is 1. The van der Waals surface area contributed by atoms with E-state index < -0.39 is 17.8 Å². The van der Waals surface area contributed by atoms with Crippen LogP contribution >= 0.6 is 11.3 Å². The van der Waals surface area contributed by atoms with Gasteiger partial charge in [-0.25, -0.2) is 9.37 Å². The second kappa shape index (κ2) is 7.78. The third-order valence-electron chi connectivity index (χ3n) is 5.83. The number of thiazole rings is 1. The summed E-state index contributed by atoms with van der Waals surface area (Å²) in [7, 11) is 0. The van der Waals surface area contributed by atoms with Gasteiger partial charge in [-0.05, 0) is 55.0 Å². The van der Waals surface area contributed by atoms with Gasteiger partial charge in [0.05, 0.1) is 33.8 Å². The molecular formula is C26H17FN2O4S. The molecule has 2 aromatic heterocycles. The molecule has 0 unspecified atom stereocenters. The minimum atomic E-state index is -0.795. The van der Waals surface area contributed by atoms with E-state index in [4.69, 9.17) is 9.15 Å². The molecule has 0 saturated carbocycles. The Bertz CT molecular complexity index is 1640. The van der Waals surface area contributed by atoms with E-state index in [1.807, 2.05) is 25.1 Å². The van der Waals surface area contributed by atoms with Crippen LogP contribution < -0.4 is 15.1 Å². The molecule has 1 aliphatic heterocycles. The van der Waals surface area contributed by atoms with Crippen molar-refractivity contribution >= 4 is 43.6 Å². The summed E-state index contributed by atoms with van der Waals surface area (Å²) < 4.78 is 26.1. The zero-order chi connectivity index (χ0) is 23.4. The van der Waals surface area contributed by atoms with E-state index in [-0.39, 0.29) is 16.8 Å². The van der Waals surface area contributed by atoms with Crippen LogP contribution in [0.5, 0.6) is 5.75 Å². The van der Waals surface area contributed by atoms with Crippen molar-refractivity contribution in [3.8, 4) is 5.75 Å². The van der Waals surface area contributed by atoms with Gasteiger partial charge in [0.15, 0.2) is 10.6 Å². The van der Waals surface area contributed by atoms with Gasteiger partial charge in [-0.15, -0.1) is 0 Å². The molecule has 1 amide bonds. The predicted molar refractivity (Wildman–Crippen MR) is 128 cm³/mol. The first-order valence-corrected chi connectivity index (χ1v) is 11.5. The van der Waals surface area contributed by atoms with E-state index in [0.717, 1.165) is 4.70 Å². The number of fused-ring (bicyclic) bond motifs is 3. The quantitative estimate of drug-likeness (QED) is 0.336. The van der Waals surface area contributed by atoms with Gasteiger partial charge in [0.2, 0.25) is 5.76 Å². The summed E-state index contributed by atoms with van der Waals surface area (Å²) in [6.45, 7) is 2.44. The Kier molecular flexibility index (Phi) is 4.70. The summed E-state index contributed by atoms with van der Waals surface area (Å²) in [5, 5.41) is 0.798. The van der Waals surface area contributed by atoms with E-state index in [2.05, 4.69) is 4.98 Å². The lowest BCUT2D eigenvalue weighted by atomic mass is 9.99. The molecule has 1 atom stereocenters. The number of hydrogen-bond acceptors (Lipinski definition) is 6. The van der Waals surface area contributed by atoms with Crippen molar-refractivity contribution in [1.29, 1.82) is 0 Å². The smallest absolute Gasteiger partial charge is 0.297 e. The van der Waals surface area contributed by atoms with Crippen molar-refractivity contribution in [2.24, 2.45) is 0 Å². The van der Waals surface area contributed by atoms with Gasteiger partial charge in [-0.3, -0.25) is 14.5 Å². The van der Waals surface area contributed by atoms with E-state index in [1.165, 1.54) is 28.4 Å². The molecule has 5 aromatic rings. The second-order valence-electron chi connectivity index (χ2n) is 7.86. The minimum absolute atomic E-state index is 0.0210. The zero-order valence-electron chi connectivity index (χ0n) is 17.9. The van der Waals surface area contributed by atoms with Crippen LogP contribution in [0.25, 0.3) is 21.2 Å². The van der Waals surface area contributed by atoms with Crippen molar-refractivity contribution in [3.05, 3.63) is 99.7 Å². The van der Waals surface area contributed by atoms with Gasteiger partial charge in [-0.2, -0.15) is 0 Å². The number of aromatic nitrogens is 1. The Balaban J connectivity index is 1.58. The number of rotatable bonds is 4. The summed E-state index contributed by atoms with van der Waals surface area (Å²) in [4.78, 5) is 33.3. The first-order chi connectivity index (χ1) is 16.5. The summed E-state index contributed by atoms with van der Waals surface area (Å²) >= 11 is 1.32. The van der Waals surface area contributed by atoms with Crippen LogP contribution in [-0.4, -0.2) is 17.5 Å². The molecule has 0 fully saturated rings. The topological polar surface area (TPSA) is 72.6 Å². The highest BCUT2D eigenvalue weighted by Crippen LogP contribution is 2.44. The molecule has 0 bridgehead atoms. The normalized spacial score (nSPS) is 15.3. The fourth-order valence-corrected chi connectivity index (χ4v) is 5.35. The maximum Gasteiger partial charge on any atom is 0.297 e. The Hall–Kier alpha value is -4.04. The van der Waals surface area contributed by atoms with Gasteiger partial charge >= 0.3 is 0 Å². The fraction of sp³-hybridized carbons (Fsp3) is 0.115. The molecule has 0 radical (unpaired) electrons. The van der Waals surface area contributed by atoms with E-state index in [1.54, 1.807) is 36.4 Å². The average molecular weight is 472 g/mol. The number of carbonyl (C=O) groups is 1. The summed E-state index contributed by atoms with van der Waals surface area (Å²) in [6.07, 6.45) is 0. The molecule has 0 N–H and O–H groups in total. The zero-order valence-corrected chi connectivity index (χ0v) is 18.8. The lowest BCUT2D eigenvalue weighted by molar-refractivity contribution is 0.0971. The summed E-state index contributed by atoms with van der Waals surface area (Å²) in [5.74, 6) is -0.184. The number of ether oxygens (including phenoxy) is 1. The molecule has 8 heteroatoms. The molecule has 6 rings (SSSR count). The Labute approximate surface area is 196 Å². The Morgan fingerprint density at radius 2 is 1.88 bits per heavy atom. The van der Waals surface area contributed by atoms with E-state index in [0.29, 0.717) is 39.5 Å². The van der Waals surface area contributed by atoms with Crippen molar-refractivity contribution in [1.82, 2.24) is 4.98 Å². The molecule has 0 spiro atoms. The first-order valence-electron chi connectivity index (χ1n) is 10.7. The minimum Gasteiger partial charge on any atom is -0.494 e. The van der Waals surface area contributed by atoms with Gasteiger partial charge in [0.1, 0.15) is 17.1 Å². The first kappa shape index (κ1) is 20.6. The van der Waals surface area contributed by atoms with Crippen molar-refractivity contribution < 1.29 is 18.3 Å². The maximum absolute atomic E-state index is 13.7. The molecule has 0 aliphatic carbocycles. The van der Waals surface area contributed by atoms with Gasteiger partial charge in [-0.1, -0.05) is 35.6 Å². The summed E-state index contributed by atoms with van der Waals surface area (Å²) in [6, 6.07) is 17.3. The average Bonchev–Trinajstić information content (AvgIpc) is 3.38. The molecule has 3 heterocycles. The van der Waals surface area contributed by atoms with E-state index >= 15 is 0 Å². The molecular weight excluding hydrogens is 455 g/mol. The monoisotopic (exact) mass is 472 g/mol. The number of anilines is 1. The number of carbonyl (C=O) groups excluding carboxylic acids is 1. The van der Waals surface area contributed by atoms with Crippen molar-refractivity contribution in [2.45, 2.75) is 13.0 Å². The third kappa shape index (κ3) is 3.10. The van der Waals surface area contributed by atoms with Gasteiger partial charge in [0.25, 0.3) is 5.91 Å². The molecule has 1 aliphatic rings. The molecule has 3 aromatic carbocycles. The van der Waals surface area contributed by atoms with Crippen LogP contribution in [0.4, 0.5) is 9.52 Å². The maximum atomic E-state index is 13.7. The lowest BCUT2D eigenvalue weighted by Gasteiger charge is -2.22. The van der Waals surface area contributed by atoms with Gasteiger partial charge in [0, 0.05) is 0 Å². The van der Waals surface area contributed by atoms with Gasteiger partial charge < -0.3 is 9.15 Å². The van der Waals surface area contributed by atoms with Crippen LogP contribution in [-0.2, 0) is 0 Å². The lowest BCUT2D eigenvalue weighted by Crippen LogP contribution is -2.29. The third-order valence-corrected chi connectivity index (χ3v) is 6.85. The highest BCUT2D eigenvalue weighted by molar-refractivity contribution is 7.22. The highest BCUT2D eigenvalue weighted by atomic mass is 32.1. The number of amides is 1. The van der Waals surface area contributed by atoms with Crippen LogP contribution in [0.3, 0.4) is 0 Å². The van der Waals surface area contributed by atoms with Crippen LogP contribution in [0.1, 0.15) is 34.6 Å². The highest BCUT2D eigenvalue weighted by Gasteiger charge is 2.45. The Morgan fingerprint density at radius 3 is 2.68 bits per heavy atom. The number of hydrogen-bond donors (Lipinski definition) is 0. The van der Waals surface area contributed by atoms with Crippen LogP contribution in [0.2, 0.25) is 0 Å². The number of benzene rings is 3. The molecule has 34 heavy (non-hydrogen) atoms. The molecule has 6 nitrogen and oxygen atoms in total. The largest absolute Gasteiger partial charge is 0.494 e. The molecule has 0 saturated heterocycles. The standard InChI is InChI=1S/C26H17FN2O4S/c1-2-32-16-11-12-18-20(13-16)34-26(28-18)29-22(14-7-9-15(27)10-8-14)21-23(30)17-5-3-4-6-19(17)33-24(21)25(29)31/h3-13,22H,2H2,1H3/t22-/m0/s1. The van der Waals surface area contributed by atoms with Crippen molar-refractivity contribution in [3.63, 3.8) is 0 Å². The van der Waals surface area contributed by atoms with Crippen LogP contribution in [0, 0.1) is 5.82 Å². The summed E-state index contributed by atoms with van der Waals surface area (Å²) in [5.41, 5.74) is 1.57. The van der Waals surface area contributed by atoms with Crippen molar-refractivity contribution in [2.75, 3.05) is 11.5 Å². The SMILES string of the molecule is CCOc1ccc2nc(N3C(=O)c4oc5ccccc5c(=O)c4[C@@H]3c3ccc(F)cc3)sc2c1. The fourth-order valence-electron chi connectivity index (χ4n) is 4.33. The second-order valence-corrected chi connectivity index (χ2v) is 8.87. The predicted octanol–water partition coefficient (Wildman–Crippen LogP) is 5.69. The van der Waals surface area contributed by atoms with E-state index in [9.17, 15) is 14.0 Å². The number of nitrogens with zero attached hydrogens (tertiary/aromatic N) is 2. The number of halogens is 1. The molecule has 168 valence electrons.